The minimum absolute atomic E-state index is 0.00991. The molecule has 0 aliphatic heterocycles. The molecule has 0 fully saturated rings. The molecular weight excluding hydrogens is 415 g/mol. The van der Waals surface area contributed by atoms with Gasteiger partial charge in [-0.3, -0.25) is 14.4 Å². The number of hydrogen-bond donors (Lipinski definition) is 2. The fraction of sp³-hybridized carbons (Fsp3) is 0.278. The van der Waals surface area contributed by atoms with Crippen molar-refractivity contribution in [2.24, 2.45) is 0 Å². The molecule has 2 N–H and O–H groups in total. The Balaban J connectivity index is 1.88. The fourth-order valence-electron chi connectivity index (χ4n) is 2.33. The van der Waals surface area contributed by atoms with Gasteiger partial charge in [0.2, 0.25) is 5.91 Å². The molecule has 0 saturated carbocycles. The molecule has 1 aromatic heterocycles. The highest BCUT2D eigenvalue weighted by Crippen LogP contribution is 2.29. The lowest BCUT2D eigenvalue weighted by Gasteiger charge is -2.12. The Hall–Kier alpha value is -3.01. The Bertz CT molecular complexity index is 960. The molecule has 0 aliphatic carbocycles. The second-order valence-electron chi connectivity index (χ2n) is 5.85. The highest BCUT2D eigenvalue weighted by atomic mass is 35.5. The number of nitrogens with one attached hydrogen (secondary N) is 2. The highest BCUT2D eigenvalue weighted by molar-refractivity contribution is 6.30. The molecule has 1 heterocycles. The number of hydrogen-bond acceptors (Lipinski definition) is 4. The van der Waals surface area contributed by atoms with E-state index in [1.54, 1.807) is 18.2 Å². The number of benzene rings is 1. The zero-order valence-electron chi connectivity index (χ0n) is 15.2. The number of ether oxygens (including phenoxy) is 1. The summed E-state index contributed by atoms with van der Waals surface area (Å²) in [5.74, 6) is -0.590. The van der Waals surface area contributed by atoms with E-state index in [-0.39, 0.29) is 19.0 Å². The number of rotatable bonds is 7. The van der Waals surface area contributed by atoms with E-state index in [1.165, 1.54) is 13.2 Å². The van der Waals surface area contributed by atoms with Gasteiger partial charge in [-0.25, -0.2) is 0 Å². The molecule has 0 unspecified atom stereocenters. The van der Waals surface area contributed by atoms with Gasteiger partial charge in [0, 0.05) is 24.8 Å². The summed E-state index contributed by atoms with van der Waals surface area (Å²) in [5, 5.41) is 4.33. The molecule has 1 aromatic carbocycles. The average Bonchev–Trinajstić information content (AvgIpc) is 2.67. The monoisotopic (exact) mass is 431 g/mol. The van der Waals surface area contributed by atoms with Crippen LogP contribution in [0.3, 0.4) is 0 Å². The highest BCUT2D eigenvalue weighted by Gasteiger charge is 2.32. The van der Waals surface area contributed by atoms with Gasteiger partial charge in [0.1, 0.15) is 17.3 Å². The maximum Gasteiger partial charge on any atom is 0.417 e. The van der Waals surface area contributed by atoms with Crippen molar-refractivity contribution in [2.75, 3.05) is 20.2 Å². The number of nitrogens with zero attached hydrogens (tertiary/aromatic N) is 1. The van der Waals surface area contributed by atoms with E-state index < -0.39 is 34.8 Å². The summed E-state index contributed by atoms with van der Waals surface area (Å²) < 4.78 is 44.0. The zero-order valence-corrected chi connectivity index (χ0v) is 15.9. The Labute approximate surface area is 168 Å². The smallest absolute Gasteiger partial charge is 0.417 e. The topological polar surface area (TPSA) is 89.4 Å². The number of aromatic nitrogens is 1. The first-order valence-corrected chi connectivity index (χ1v) is 8.65. The molecule has 0 aliphatic rings. The van der Waals surface area contributed by atoms with Crippen LogP contribution in [0.1, 0.15) is 15.9 Å². The first-order valence-electron chi connectivity index (χ1n) is 8.28. The second-order valence-corrected chi connectivity index (χ2v) is 6.25. The molecule has 0 radical (unpaired) electrons. The van der Waals surface area contributed by atoms with Crippen molar-refractivity contribution in [3.05, 3.63) is 63.0 Å². The summed E-state index contributed by atoms with van der Waals surface area (Å²) in [6.07, 6.45) is -4.18. The number of carbonyl (C=O) groups is 2. The van der Waals surface area contributed by atoms with Gasteiger partial charge in [-0.05, 0) is 24.3 Å². The number of carbonyl (C=O) groups excluding carboxylic acids is 2. The van der Waals surface area contributed by atoms with Crippen molar-refractivity contribution >= 4 is 23.4 Å². The van der Waals surface area contributed by atoms with Gasteiger partial charge in [-0.2, -0.15) is 13.2 Å². The molecule has 0 bridgehead atoms. The van der Waals surface area contributed by atoms with Crippen LogP contribution in [-0.4, -0.2) is 36.6 Å². The van der Waals surface area contributed by atoms with Crippen molar-refractivity contribution in [3.63, 3.8) is 0 Å². The van der Waals surface area contributed by atoms with Crippen LogP contribution in [0.15, 0.2) is 41.3 Å². The average molecular weight is 432 g/mol. The molecule has 29 heavy (non-hydrogen) atoms. The standard InChI is InChI=1S/C18H17ClF3N3O4/c1-29-13-4-2-3-11(7-13)16(27)24-6-5-23-15(26)10-25-9-12(18(20,21)22)8-14(19)17(25)28/h2-4,7-9H,5-6,10H2,1H3,(H,23,26)(H,24,27). The number of halogens is 4. The maximum atomic E-state index is 12.8. The Morgan fingerprint density at radius 3 is 2.52 bits per heavy atom. The first kappa shape index (κ1) is 22.3. The third-order valence-electron chi connectivity index (χ3n) is 3.75. The number of methoxy groups -OCH3 is 1. The third kappa shape index (κ3) is 6.24. The van der Waals surface area contributed by atoms with Gasteiger partial charge < -0.3 is 19.9 Å². The van der Waals surface area contributed by atoms with Crippen LogP contribution < -0.4 is 20.9 Å². The van der Waals surface area contributed by atoms with Crippen LogP contribution in [0.4, 0.5) is 13.2 Å². The fourth-order valence-corrected chi connectivity index (χ4v) is 2.55. The van der Waals surface area contributed by atoms with Gasteiger partial charge in [0.05, 0.1) is 12.7 Å². The molecule has 11 heteroatoms. The molecular formula is C18H17ClF3N3O4. The maximum absolute atomic E-state index is 12.8. The largest absolute Gasteiger partial charge is 0.497 e. The van der Waals surface area contributed by atoms with E-state index in [2.05, 4.69) is 10.6 Å². The third-order valence-corrected chi connectivity index (χ3v) is 4.02. The molecule has 156 valence electrons. The summed E-state index contributed by atoms with van der Waals surface area (Å²) in [6.45, 7) is -0.567. The van der Waals surface area contributed by atoms with E-state index in [0.29, 0.717) is 28.1 Å². The van der Waals surface area contributed by atoms with Crippen LogP contribution in [-0.2, 0) is 17.5 Å². The van der Waals surface area contributed by atoms with E-state index in [9.17, 15) is 27.6 Å². The predicted molar refractivity (Wildman–Crippen MR) is 99.1 cm³/mol. The van der Waals surface area contributed by atoms with Gasteiger partial charge in [-0.15, -0.1) is 0 Å². The lowest BCUT2D eigenvalue weighted by Crippen LogP contribution is -2.38. The van der Waals surface area contributed by atoms with Crippen LogP contribution in [0, 0.1) is 0 Å². The van der Waals surface area contributed by atoms with Crippen LogP contribution in [0.25, 0.3) is 0 Å². The molecule has 2 aromatic rings. The Morgan fingerprint density at radius 1 is 1.17 bits per heavy atom. The SMILES string of the molecule is COc1cccc(C(=O)NCCNC(=O)Cn2cc(C(F)(F)F)cc(Cl)c2=O)c1. The second kappa shape index (κ2) is 9.46. The van der Waals surface area contributed by atoms with Gasteiger partial charge in [-0.1, -0.05) is 17.7 Å². The quantitative estimate of drug-likeness (QED) is 0.657. The molecule has 7 nitrogen and oxygen atoms in total. The minimum Gasteiger partial charge on any atom is -0.497 e. The first-order chi connectivity index (χ1) is 13.6. The zero-order chi connectivity index (χ0) is 21.6. The molecule has 2 rings (SSSR count). The summed E-state index contributed by atoms with van der Waals surface area (Å²) in [4.78, 5) is 35.8. The molecule has 2 amide bonds. The van der Waals surface area contributed by atoms with Gasteiger partial charge in [0.15, 0.2) is 0 Å². The summed E-state index contributed by atoms with van der Waals surface area (Å²) in [7, 11) is 1.47. The molecule has 0 atom stereocenters. The van der Waals surface area contributed by atoms with E-state index in [4.69, 9.17) is 16.3 Å². The van der Waals surface area contributed by atoms with Gasteiger partial charge in [0.25, 0.3) is 11.5 Å². The van der Waals surface area contributed by atoms with Crippen molar-refractivity contribution in [1.29, 1.82) is 0 Å². The van der Waals surface area contributed by atoms with E-state index in [0.717, 1.165) is 0 Å². The lowest BCUT2D eigenvalue weighted by molar-refractivity contribution is -0.138. The minimum atomic E-state index is -4.71. The summed E-state index contributed by atoms with van der Waals surface area (Å²) in [6, 6.07) is 6.96. The van der Waals surface area contributed by atoms with Crippen LogP contribution in [0.5, 0.6) is 5.75 Å². The van der Waals surface area contributed by atoms with E-state index in [1.807, 2.05) is 0 Å². The normalized spacial score (nSPS) is 11.1. The summed E-state index contributed by atoms with van der Waals surface area (Å²) in [5.41, 5.74) is -1.69. The predicted octanol–water partition coefficient (Wildman–Crippen LogP) is 2.08. The summed E-state index contributed by atoms with van der Waals surface area (Å²) >= 11 is 5.53. The number of alkyl halides is 3. The lowest BCUT2D eigenvalue weighted by atomic mass is 10.2. The molecule has 0 spiro atoms. The van der Waals surface area contributed by atoms with Crippen molar-refractivity contribution in [1.82, 2.24) is 15.2 Å². The van der Waals surface area contributed by atoms with Crippen molar-refractivity contribution < 1.29 is 27.5 Å². The van der Waals surface area contributed by atoms with Crippen molar-refractivity contribution in [3.8, 4) is 5.75 Å². The van der Waals surface area contributed by atoms with Crippen LogP contribution in [0.2, 0.25) is 5.02 Å². The Morgan fingerprint density at radius 2 is 1.86 bits per heavy atom. The van der Waals surface area contributed by atoms with E-state index >= 15 is 0 Å². The number of amides is 2. The number of pyridine rings is 1. The molecule has 0 saturated heterocycles. The van der Waals surface area contributed by atoms with Gasteiger partial charge >= 0.3 is 6.18 Å². The van der Waals surface area contributed by atoms with Crippen LogP contribution >= 0.6 is 11.6 Å². The Kier molecular flexibility index (Phi) is 7.27. The van der Waals surface area contributed by atoms with Crippen molar-refractivity contribution in [2.45, 2.75) is 12.7 Å².